The third-order valence-corrected chi connectivity index (χ3v) is 3.38. The largest absolute Gasteiger partial charge is 0.356 e. The summed E-state index contributed by atoms with van der Waals surface area (Å²) in [5.41, 5.74) is 1.97. The fraction of sp³-hybridized carbons (Fsp3) is 0.286. The summed E-state index contributed by atoms with van der Waals surface area (Å²) in [5.74, 6) is -0.180. The second kappa shape index (κ2) is 4.15. The maximum absolute atomic E-state index is 12.3. The van der Waals surface area contributed by atoms with Crippen LogP contribution in [-0.2, 0) is 9.47 Å². The van der Waals surface area contributed by atoms with Gasteiger partial charge in [-0.05, 0) is 0 Å². The lowest BCUT2D eigenvalue weighted by Gasteiger charge is -2.28. The number of carbonyl (C=O) groups is 2. The third-order valence-electron chi connectivity index (χ3n) is 3.38. The second-order valence-electron chi connectivity index (χ2n) is 4.34. The van der Waals surface area contributed by atoms with Crippen LogP contribution in [0.2, 0.25) is 0 Å². The van der Waals surface area contributed by atoms with Crippen LogP contribution in [0, 0.1) is 0 Å². The SMILES string of the molecule is COC1CC2=C(CO1)C(=O)c1ccccc1C2=O. The molecule has 0 saturated heterocycles. The van der Waals surface area contributed by atoms with Crippen LogP contribution in [0.1, 0.15) is 27.1 Å². The number of ketones is 2. The molecule has 1 unspecified atom stereocenters. The van der Waals surface area contributed by atoms with Gasteiger partial charge in [0.2, 0.25) is 0 Å². The first-order valence-corrected chi connectivity index (χ1v) is 5.77. The molecular weight excluding hydrogens is 232 g/mol. The standard InChI is InChI=1S/C14H12O4/c1-17-12-6-10-11(7-18-12)14(16)9-5-3-2-4-8(9)13(10)15/h2-5,12H,6-7H2,1H3. The van der Waals surface area contributed by atoms with E-state index in [0.717, 1.165) is 0 Å². The number of Topliss-reactive ketones (excluding diaryl/α,β-unsaturated/α-hetero) is 2. The van der Waals surface area contributed by atoms with E-state index in [1.165, 1.54) is 7.11 Å². The van der Waals surface area contributed by atoms with Crippen molar-refractivity contribution in [2.75, 3.05) is 13.7 Å². The Balaban J connectivity index is 2.10. The zero-order chi connectivity index (χ0) is 12.7. The van der Waals surface area contributed by atoms with Gasteiger partial charge in [-0.25, -0.2) is 0 Å². The number of benzene rings is 1. The van der Waals surface area contributed by atoms with Crippen LogP contribution in [-0.4, -0.2) is 31.6 Å². The summed E-state index contributed by atoms with van der Waals surface area (Å²) in [5, 5.41) is 0. The van der Waals surface area contributed by atoms with E-state index in [9.17, 15) is 9.59 Å². The zero-order valence-electron chi connectivity index (χ0n) is 9.93. The molecule has 92 valence electrons. The second-order valence-corrected chi connectivity index (χ2v) is 4.34. The smallest absolute Gasteiger partial charge is 0.192 e. The monoisotopic (exact) mass is 244 g/mol. The Kier molecular flexibility index (Phi) is 2.61. The quantitative estimate of drug-likeness (QED) is 0.755. The predicted molar refractivity (Wildman–Crippen MR) is 63.5 cm³/mol. The number of hydrogen-bond acceptors (Lipinski definition) is 4. The molecule has 1 aromatic rings. The van der Waals surface area contributed by atoms with Crippen molar-refractivity contribution in [1.29, 1.82) is 0 Å². The molecule has 18 heavy (non-hydrogen) atoms. The van der Waals surface area contributed by atoms with Crippen molar-refractivity contribution in [2.45, 2.75) is 12.7 Å². The first kappa shape index (κ1) is 11.3. The molecule has 0 fully saturated rings. The third kappa shape index (κ3) is 1.54. The van der Waals surface area contributed by atoms with Gasteiger partial charge in [-0.1, -0.05) is 24.3 Å². The molecule has 0 N–H and O–H groups in total. The first-order valence-electron chi connectivity index (χ1n) is 5.77. The van der Waals surface area contributed by atoms with E-state index in [2.05, 4.69) is 0 Å². The Labute approximate surface area is 104 Å². The fourth-order valence-electron chi connectivity index (χ4n) is 2.40. The molecule has 0 aromatic heterocycles. The van der Waals surface area contributed by atoms with E-state index < -0.39 is 6.29 Å². The van der Waals surface area contributed by atoms with Crippen molar-refractivity contribution < 1.29 is 19.1 Å². The summed E-state index contributed by atoms with van der Waals surface area (Å²) in [4.78, 5) is 24.6. The molecule has 0 saturated carbocycles. The molecule has 0 bridgehead atoms. The minimum absolute atomic E-state index is 0.0782. The average molecular weight is 244 g/mol. The molecule has 1 aliphatic heterocycles. The number of rotatable bonds is 1. The van der Waals surface area contributed by atoms with Gasteiger partial charge in [0.05, 0.1) is 6.61 Å². The van der Waals surface area contributed by atoms with Crippen LogP contribution in [0.25, 0.3) is 0 Å². The minimum atomic E-state index is -0.439. The number of carbonyl (C=O) groups excluding carboxylic acids is 2. The van der Waals surface area contributed by atoms with Crippen LogP contribution in [0.3, 0.4) is 0 Å². The molecule has 0 spiro atoms. The highest BCUT2D eigenvalue weighted by Crippen LogP contribution is 2.32. The highest BCUT2D eigenvalue weighted by molar-refractivity contribution is 6.27. The number of fused-ring (bicyclic) bond motifs is 1. The summed E-state index contributed by atoms with van der Waals surface area (Å²) < 4.78 is 10.5. The summed E-state index contributed by atoms with van der Waals surface area (Å²) in [6.45, 7) is 0.146. The Morgan fingerprint density at radius 3 is 2.33 bits per heavy atom. The van der Waals surface area contributed by atoms with E-state index in [4.69, 9.17) is 9.47 Å². The van der Waals surface area contributed by atoms with Gasteiger partial charge in [-0.3, -0.25) is 9.59 Å². The van der Waals surface area contributed by atoms with Crippen molar-refractivity contribution in [3.05, 3.63) is 46.5 Å². The van der Waals surface area contributed by atoms with Crippen molar-refractivity contribution in [3.8, 4) is 0 Å². The van der Waals surface area contributed by atoms with E-state index in [1.807, 2.05) is 0 Å². The molecule has 1 aromatic carbocycles. The van der Waals surface area contributed by atoms with Crippen LogP contribution >= 0.6 is 0 Å². The van der Waals surface area contributed by atoms with Gasteiger partial charge in [-0.15, -0.1) is 0 Å². The molecule has 1 atom stereocenters. The molecule has 4 heteroatoms. The molecule has 1 aliphatic carbocycles. The number of methoxy groups -OCH3 is 1. The van der Waals surface area contributed by atoms with Crippen molar-refractivity contribution in [1.82, 2.24) is 0 Å². The van der Waals surface area contributed by atoms with E-state index in [-0.39, 0.29) is 18.2 Å². The Morgan fingerprint density at radius 1 is 1.11 bits per heavy atom. The van der Waals surface area contributed by atoms with Gasteiger partial charge < -0.3 is 9.47 Å². The molecular formula is C14H12O4. The predicted octanol–water partition coefficient (Wildman–Crippen LogP) is 1.75. The maximum Gasteiger partial charge on any atom is 0.192 e. The van der Waals surface area contributed by atoms with Crippen molar-refractivity contribution in [3.63, 3.8) is 0 Å². The van der Waals surface area contributed by atoms with Gasteiger partial charge in [0.1, 0.15) is 0 Å². The Morgan fingerprint density at radius 2 is 1.72 bits per heavy atom. The van der Waals surface area contributed by atoms with E-state index in [1.54, 1.807) is 24.3 Å². The topological polar surface area (TPSA) is 52.6 Å². The minimum Gasteiger partial charge on any atom is -0.356 e. The van der Waals surface area contributed by atoms with Gasteiger partial charge in [0.25, 0.3) is 0 Å². The molecule has 0 radical (unpaired) electrons. The Hall–Kier alpha value is -1.78. The van der Waals surface area contributed by atoms with Crippen LogP contribution in [0.4, 0.5) is 0 Å². The summed E-state index contributed by atoms with van der Waals surface area (Å²) in [6, 6.07) is 6.90. The van der Waals surface area contributed by atoms with Crippen LogP contribution in [0.15, 0.2) is 35.4 Å². The summed E-state index contributed by atoms with van der Waals surface area (Å²) in [7, 11) is 1.53. The molecule has 0 amide bonds. The molecule has 1 heterocycles. The lowest BCUT2D eigenvalue weighted by atomic mass is 9.82. The van der Waals surface area contributed by atoms with Crippen molar-refractivity contribution >= 4 is 11.6 Å². The molecule has 2 aliphatic rings. The maximum atomic E-state index is 12.3. The lowest BCUT2D eigenvalue weighted by molar-refractivity contribution is -0.120. The van der Waals surface area contributed by atoms with E-state index in [0.29, 0.717) is 28.7 Å². The summed E-state index contributed by atoms with van der Waals surface area (Å²) >= 11 is 0. The van der Waals surface area contributed by atoms with Crippen LogP contribution < -0.4 is 0 Å². The molecule has 4 nitrogen and oxygen atoms in total. The van der Waals surface area contributed by atoms with E-state index >= 15 is 0 Å². The van der Waals surface area contributed by atoms with Gasteiger partial charge in [0.15, 0.2) is 17.9 Å². The molecule has 3 rings (SSSR count). The number of hydrogen-bond donors (Lipinski definition) is 0. The highest BCUT2D eigenvalue weighted by atomic mass is 16.7. The lowest BCUT2D eigenvalue weighted by Crippen LogP contribution is -2.33. The fourth-order valence-corrected chi connectivity index (χ4v) is 2.40. The van der Waals surface area contributed by atoms with Gasteiger partial charge in [-0.2, -0.15) is 0 Å². The average Bonchev–Trinajstić information content (AvgIpc) is 2.44. The Bertz CT molecular complexity index is 571. The van der Waals surface area contributed by atoms with Gasteiger partial charge >= 0.3 is 0 Å². The normalized spacial score (nSPS) is 22.8. The van der Waals surface area contributed by atoms with Crippen molar-refractivity contribution in [2.24, 2.45) is 0 Å². The van der Waals surface area contributed by atoms with Gasteiger partial charge in [0, 0.05) is 35.8 Å². The highest BCUT2D eigenvalue weighted by Gasteiger charge is 2.36. The number of ether oxygens (including phenoxy) is 2. The van der Waals surface area contributed by atoms with Crippen LogP contribution in [0.5, 0.6) is 0 Å². The summed E-state index contributed by atoms with van der Waals surface area (Å²) in [6.07, 6.45) is -0.101. The first-order chi connectivity index (χ1) is 8.72. The zero-order valence-corrected chi connectivity index (χ0v) is 9.93.